The number of alkyl halides is 6. The lowest BCUT2D eigenvalue weighted by Crippen LogP contribution is -2.62. The Kier molecular flexibility index (Phi) is 4.53. The maximum atomic E-state index is 12.6. The molecule has 0 radical (unpaired) electrons. The number of halogens is 6. The molecule has 1 saturated heterocycles. The number of nitrogens with one attached hydrogen (secondary N) is 1. The van der Waals surface area contributed by atoms with Crippen LogP contribution in [0, 0.1) is 5.41 Å². The van der Waals surface area contributed by atoms with E-state index in [4.69, 9.17) is 0 Å². The lowest BCUT2D eigenvalue weighted by atomic mass is 9.59. The Morgan fingerprint density at radius 3 is 1.96 bits per heavy atom. The van der Waals surface area contributed by atoms with Crippen LogP contribution >= 0.6 is 0 Å². The van der Waals surface area contributed by atoms with Gasteiger partial charge in [0.15, 0.2) is 0 Å². The molecule has 23 heavy (non-hydrogen) atoms. The minimum atomic E-state index is -5.49. The lowest BCUT2D eigenvalue weighted by molar-refractivity contribution is -0.276. The summed E-state index contributed by atoms with van der Waals surface area (Å²) in [5, 5.41) is 2.57. The van der Waals surface area contributed by atoms with Crippen molar-refractivity contribution in [3.63, 3.8) is 0 Å². The van der Waals surface area contributed by atoms with E-state index >= 15 is 0 Å². The average Bonchev–Trinajstić information content (AvgIpc) is 2.43. The molecular weight excluding hydrogens is 334 g/mol. The summed E-state index contributed by atoms with van der Waals surface area (Å²) in [7, 11) is 0. The van der Waals surface area contributed by atoms with Crippen molar-refractivity contribution >= 4 is 11.9 Å². The highest BCUT2D eigenvalue weighted by Crippen LogP contribution is 2.51. The van der Waals surface area contributed by atoms with Crippen molar-refractivity contribution in [2.24, 2.45) is 5.41 Å². The number of piperidine rings is 1. The van der Waals surface area contributed by atoms with E-state index in [2.05, 4.69) is 10.2 Å². The molecule has 11 heteroatoms. The third-order valence-electron chi connectivity index (χ3n) is 4.36. The van der Waals surface area contributed by atoms with Crippen molar-refractivity contribution in [1.29, 1.82) is 0 Å². The molecule has 0 bridgehead atoms. The predicted octanol–water partition coefficient (Wildman–Crippen LogP) is 1.93. The third-order valence-corrected chi connectivity index (χ3v) is 4.36. The molecule has 1 aliphatic carbocycles. The largest absolute Gasteiger partial charge is 0.493 e. The van der Waals surface area contributed by atoms with E-state index in [1.54, 1.807) is 0 Å². The van der Waals surface area contributed by atoms with E-state index < -0.39 is 40.7 Å². The number of carbonyl (C=O) groups excluding carboxylic acids is 2. The molecule has 2 rings (SSSR count). The van der Waals surface area contributed by atoms with Crippen LogP contribution in [0.1, 0.15) is 25.7 Å². The van der Waals surface area contributed by atoms with Crippen molar-refractivity contribution in [3.8, 4) is 0 Å². The Labute approximate surface area is 126 Å². The van der Waals surface area contributed by atoms with Gasteiger partial charge in [0.2, 0.25) is 0 Å². The van der Waals surface area contributed by atoms with Crippen LogP contribution in [0.15, 0.2) is 0 Å². The van der Waals surface area contributed by atoms with Crippen LogP contribution in [-0.4, -0.2) is 48.4 Å². The number of rotatable bonds is 1. The van der Waals surface area contributed by atoms with E-state index in [0.29, 0.717) is 32.4 Å². The lowest BCUT2D eigenvalue weighted by Gasteiger charge is -2.54. The molecule has 1 atom stereocenters. The first-order valence-corrected chi connectivity index (χ1v) is 6.88. The number of nitrogens with zero attached hydrogens (tertiary/aromatic N) is 1. The predicted molar refractivity (Wildman–Crippen MR) is 62.6 cm³/mol. The summed E-state index contributed by atoms with van der Waals surface area (Å²) >= 11 is 0. The zero-order valence-corrected chi connectivity index (χ0v) is 11.8. The molecule has 1 amide bonds. The van der Waals surface area contributed by atoms with Gasteiger partial charge in [-0.3, -0.25) is 4.79 Å². The molecule has 132 valence electrons. The van der Waals surface area contributed by atoms with E-state index in [9.17, 15) is 35.9 Å². The van der Waals surface area contributed by atoms with Gasteiger partial charge in [-0.15, -0.1) is 0 Å². The molecule has 1 N–H and O–H groups in total. The van der Waals surface area contributed by atoms with Crippen LogP contribution in [0.5, 0.6) is 0 Å². The Balaban J connectivity index is 2.23. The maximum absolute atomic E-state index is 12.6. The molecule has 1 aliphatic heterocycles. The third kappa shape index (κ3) is 3.54. The molecule has 0 aromatic heterocycles. The minimum absolute atomic E-state index is 0.0486. The van der Waals surface area contributed by atoms with Crippen molar-refractivity contribution in [2.75, 3.05) is 13.1 Å². The number of hydrogen-bond acceptors (Lipinski definition) is 4. The average molecular weight is 348 g/mol. The summed E-state index contributed by atoms with van der Waals surface area (Å²) in [4.78, 5) is 26.1. The molecule has 0 aromatic rings. The Bertz CT molecular complexity index is 484. The van der Waals surface area contributed by atoms with Gasteiger partial charge in [0.05, 0.1) is 6.04 Å². The SMILES string of the molecule is O=C(ON(C(=O)C(F)(F)F)C1CCC12CCNCC2)C(F)(F)F. The fourth-order valence-electron chi connectivity index (χ4n) is 3.07. The summed E-state index contributed by atoms with van der Waals surface area (Å²) in [6, 6.07) is -1.20. The van der Waals surface area contributed by atoms with Gasteiger partial charge in [0.25, 0.3) is 0 Å². The molecule has 0 aromatic carbocycles. The molecule has 1 unspecified atom stereocenters. The minimum Gasteiger partial charge on any atom is -0.329 e. The van der Waals surface area contributed by atoms with Gasteiger partial charge >= 0.3 is 24.2 Å². The molecule has 2 aliphatic rings. The van der Waals surface area contributed by atoms with E-state index in [0.717, 1.165) is 0 Å². The highest BCUT2D eigenvalue weighted by Gasteiger charge is 2.58. The van der Waals surface area contributed by atoms with Crippen LogP contribution in [-0.2, 0) is 14.4 Å². The molecular formula is C12H14F6N2O3. The number of carbonyl (C=O) groups is 2. The topological polar surface area (TPSA) is 58.6 Å². The van der Waals surface area contributed by atoms with Crippen LogP contribution in [0.25, 0.3) is 0 Å². The molecule has 5 nitrogen and oxygen atoms in total. The van der Waals surface area contributed by atoms with Crippen LogP contribution in [0.4, 0.5) is 26.3 Å². The van der Waals surface area contributed by atoms with E-state index in [-0.39, 0.29) is 6.42 Å². The smallest absolute Gasteiger partial charge is 0.329 e. The highest BCUT2D eigenvalue weighted by molar-refractivity contribution is 5.84. The van der Waals surface area contributed by atoms with Gasteiger partial charge in [-0.05, 0) is 44.2 Å². The van der Waals surface area contributed by atoms with E-state index in [1.165, 1.54) is 0 Å². The van der Waals surface area contributed by atoms with Crippen molar-refractivity contribution < 1.29 is 40.8 Å². The van der Waals surface area contributed by atoms with Gasteiger partial charge in [-0.2, -0.15) is 31.4 Å². The molecule has 1 saturated carbocycles. The van der Waals surface area contributed by atoms with Crippen LogP contribution in [0.3, 0.4) is 0 Å². The Morgan fingerprint density at radius 1 is 1.00 bits per heavy atom. The zero-order chi connectivity index (χ0) is 17.5. The monoisotopic (exact) mass is 348 g/mol. The van der Waals surface area contributed by atoms with Crippen LogP contribution in [0.2, 0.25) is 0 Å². The number of amides is 1. The van der Waals surface area contributed by atoms with Crippen molar-refractivity contribution in [3.05, 3.63) is 0 Å². The van der Waals surface area contributed by atoms with Gasteiger partial charge in [0, 0.05) is 0 Å². The second kappa shape index (κ2) is 5.84. The molecule has 2 fully saturated rings. The quantitative estimate of drug-likeness (QED) is 0.581. The summed E-state index contributed by atoms with van der Waals surface area (Å²) in [6.07, 6.45) is -9.63. The number of hydrogen-bond donors (Lipinski definition) is 1. The van der Waals surface area contributed by atoms with Crippen molar-refractivity contribution in [1.82, 2.24) is 10.4 Å². The number of hydroxylamine groups is 2. The molecule has 1 spiro atoms. The summed E-state index contributed by atoms with van der Waals surface area (Å²) in [6.45, 7) is 0.940. The standard InChI is InChI=1S/C12H14F6N2O3/c13-11(14,15)8(21)20(23-9(22)12(16,17)18)7-1-2-10(7)3-5-19-6-4-10/h7,19H,1-6H2. The van der Waals surface area contributed by atoms with Gasteiger partial charge in [-0.1, -0.05) is 0 Å². The first kappa shape index (κ1) is 17.8. The van der Waals surface area contributed by atoms with Gasteiger partial charge < -0.3 is 10.2 Å². The first-order chi connectivity index (χ1) is 10.5. The van der Waals surface area contributed by atoms with Gasteiger partial charge in [-0.25, -0.2) is 4.79 Å². The fourth-order valence-corrected chi connectivity index (χ4v) is 3.07. The van der Waals surface area contributed by atoms with Crippen LogP contribution < -0.4 is 5.32 Å². The Hall–Kier alpha value is -1.52. The summed E-state index contributed by atoms with van der Waals surface area (Å²) in [5.74, 6) is -5.44. The fraction of sp³-hybridized carbons (Fsp3) is 0.833. The van der Waals surface area contributed by atoms with Crippen molar-refractivity contribution in [2.45, 2.75) is 44.1 Å². The zero-order valence-electron chi connectivity index (χ0n) is 11.8. The summed E-state index contributed by atoms with van der Waals surface area (Å²) in [5.41, 5.74) is -0.752. The maximum Gasteiger partial charge on any atom is 0.493 e. The highest BCUT2D eigenvalue weighted by atomic mass is 19.4. The van der Waals surface area contributed by atoms with Gasteiger partial charge in [0.1, 0.15) is 0 Å². The second-order valence-corrected chi connectivity index (χ2v) is 5.67. The second-order valence-electron chi connectivity index (χ2n) is 5.67. The molecule has 1 heterocycles. The van der Waals surface area contributed by atoms with E-state index in [1.807, 2.05) is 0 Å². The first-order valence-electron chi connectivity index (χ1n) is 6.88. The summed E-state index contributed by atoms with van der Waals surface area (Å²) < 4.78 is 74.8. The normalized spacial score (nSPS) is 24.0. The Morgan fingerprint density at radius 2 is 1.57 bits per heavy atom.